The lowest BCUT2D eigenvalue weighted by Crippen LogP contribution is -2.39. The van der Waals surface area contributed by atoms with Gasteiger partial charge in [0.2, 0.25) is 0 Å². The Morgan fingerprint density at radius 3 is 2.85 bits per heavy atom. The fourth-order valence-electron chi connectivity index (χ4n) is 1.53. The molecule has 0 aromatic carbocycles. The zero-order valence-corrected chi connectivity index (χ0v) is 12.3. The number of alkyl carbamates (subject to hydrolysis) is 1. The predicted molar refractivity (Wildman–Crippen MR) is 70.6 cm³/mol. The molecule has 0 saturated heterocycles. The van der Waals surface area contributed by atoms with Crippen molar-refractivity contribution in [2.24, 2.45) is 0 Å². The molecular weight excluding hydrogens is 260 g/mol. The maximum atomic E-state index is 11.6. The topological polar surface area (TPSA) is 106 Å². The summed E-state index contributed by atoms with van der Waals surface area (Å²) in [6.07, 6.45) is 0.338. The van der Waals surface area contributed by atoms with Crippen LogP contribution in [0.3, 0.4) is 0 Å². The third kappa shape index (κ3) is 5.65. The second-order valence-electron chi connectivity index (χ2n) is 5.48. The van der Waals surface area contributed by atoms with Crippen LogP contribution >= 0.6 is 0 Å². The summed E-state index contributed by atoms with van der Waals surface area (Å²) in [7, 11) is 0. The zero-order chi connectivity index (χ0) is 15.2. The van der Waals surface area contributed by atoms with Gasteiger partial charge in [-0.05, 0) is 38.1 Å². The summed E-state index contributed by atoms with van der Waals surface area (Å²) in [5.74, 6) is 0.629. The number of ether oxygens (including phenoxy) is 1. The van der Waals surface area contributed by atoms with E-state index in [4.69, 9.17) is 10.00 Å². The molecule has 110 valence electrons. The SMILES string of the molecule is CC(Cc1nnnn1CCC#N)NC(=O)OC(C)(C)C. The number of carbonyl (C=O) groups excluding carboxylic acids is 1. The molecule has 0 aliphatic rings. The Morgan fingerprint density at radius 2 is 2.25 bits per heavy atom. The van der Waals surface area contributed by atoms with Crippen molar-refractivity contribution in [3.8, 4) is 6.07 Å². The van der Waals surface area contributed by atoms with Crippen LogP contribution in [0.4, 0.5) is 4.79 Å². The molecule has 1 aromatic rings. The van der Waals surface area contributed by atoms with Gasteiger partial charge < -0.3 is 10.1 Å². The van der Waals surface area contributed by atoms with E-state index in [9.17, 15) is 4.79 Å². The summed E-state index contributed by atoms with van der Waals surface area (Å²) in [5.41, 5.74) is -0.530. The third-order valence-corrected chi connectivity index (χ3v) is 2.29. The second-order valence-corrected chi connectivity index (χ2v) is 5.48. The van der Waals surface area contributed by atoms with Crippen LogP contribution < -0.4 is 5.32 Å². The zero-order valence-electron chi connectivity index (χ0n) is 12.3. The number of hydrogen-bond acceptors (Lipinski definition) is 6. The second kappa shape index (κ2) is 6.84. The first-order valence-electron chi connectivity index (χ1n) is 6.43. The maximum Gasteiger partial charge on any atom is 0.407 e. The first-order chi connectivity index (χ1) is 9.31. The number of nitriles is 1. The van der Waals surface area contributed by atoms with Gasteiger partial charge in [-0.1, -0.05) is 0 Å². The smallest absolute Gasteiger partial charge is 0.407 e. The van der Waals surface area contributed by atoms with Crippen molar-refractivity contribution in [1.82, 2.24) is 25.5 Å². The van der Waals surface area contributed by atoms with Gasteiger partial charge in [-0.15, -0.1) is 5.10 Å². The molecule has 8 heteroatoms. The predicted octanol–water partition coefficient (Wildman–Crippen LogP) is 1.04. The number of nitrogens with one attached hydrogen (secondary N) is 1. The number of carbonyl (C=O) groups is 1. The quantitative estimate of drug-likeness (QED) is 0.863. The van der Waals surface area contributed by atoms with Crippen LogP contribution in [0.15, 0.2) is 0 Å². The number of aromatic nitrogens is 4. The largest absolute Gasteiger partial charge is 0.444 e. The van der Waals surface area contributed by atoms with Crippen molar-refractivity contribution >= 4 is 6.09 Å². The molecule has 1 unspecified atom stereocenters. The molecule has 0 radical (unpaired) electrons. The fraction of sp³-hybridized carbons (Fsp3) is 0.750. The minimum atomic E-state index is -0.530. The molecule has 0 fully saturated rings. The highest BCUT2D eigenvalue weighted by molar-refractivity contribution is 5.68. The van der Waals surface area contributed by atoms with Crippen LogP contribution in [0.2, 0.25) is 0 Å². The highest BCUT2D eigenvalue weighted by Crippen LogP contribution is 2.07. The molecule has 0 aliphatic carbocycles. The first-order valence-corrected chi connectivity index (χ1v) is 6.43. The van der Waals surface area contributed by atoms with Crippen LogP contribution in [0.1, 0.15) is 39.9 Å². The first kappa shape index (κ1) is 15.9. The van der Waals surface area contributed by atoms with Crippen molar-refractivity contribution in [1.29, 1.82) is 5.26 Å². The van der Waals surface area contributed by atoms with Gasteiger partial charge in [0.15, 0.2) is 5.82 Å². The number of tetrazole rings is 1. The van der Waals surface area contributed by atoms with Gasteiger partial charge in [-0.25, -0.2) is 9.48 Å². The van der Waals surface area contributed by atoms with Crippen LogP contribution in [0.25, 0.3) is 0 Å². The maximum absolute atomic E-state index is 11.6. The lowest BCUT2D eigenvalue weighted by molar-refractivity contribution is 0.0508. The van der Waals surface area contributed by atoms with Crippen LogP contribution in [0, 0.1) is 11.3 Å². The van der Waals surface area contributed by atoms with E-state index in [0.29, 0.717) is 25.2 Å². The molecule has 0 spiro atoms. The van der Waals surface area contributed by atoms with Crippen molar-refractivity contribution < 1.29 is 9.53 Å². The number of rotatable bonds is 5. The molecule has 1 heterocycles. The minimum Gasteiger partial charge on any atom is -0.444 e. The highest BCUT2D eigenvalue weighted by atomic mass is 16.6. The van der Waals surface area contributed by atoms with Crippen molar-refractivity contribution in [2.75, 3.05) is 0 Å². The summed E-state index contributed by atoms with van der Waals surface area (Å²) in [6, 6.07) is 1.87. The Hall–Kier alpha value is -2.17. The van der Waals surface area contributed by atoms with Gasteiger partial charge >= 0.3 is 6.09 Å². The van der Waals surface area contributed by atoms with Gasteiger partial charge in [-0.3, -0.25) is 0 Å². The molecule has 0 aliphatic heterocycles. The average molecular weight is 280 g/mol. The summed E-state index contributed by atoms with van der Waals surface area (Å²) < 4.78 is 6.74. The third-order valence-electron chi connectivity index (χ3n) is 2.29. The molecule has 8 nitrogen and oxygen atoms in total. The number of aryl methyl sites for hydroxylation is 1. The van der Waals surface area contributed by atoms with Gasteiger partial charge in [0.05, 0.1) is 19.0 Å². The van der Waals surface area contributed by atoms with Gasteiger partial charge in [-0.2, -0.15) is 5.26 Å². The Kier molecular flexibility index (Phi) is 5.43. The summed E-state index contributed by atoms with van der Waals surface area (Å²) in [5, 5.41) is 22.6. The van der Waals surface area contributed by atoms with E-state index in [1.165, 1.54) is 0 Å². The number of amides is 1. The van der Waals surface area contributed by atoms with Crippen molar-refractivity contribution in [2.45, 2.75) is 58.7 Å². The van der Waals surface area contributed by atoms with Gasteiger partial charge in [0, 0.05) is 12.5 Å². The van der Waals surface area contributed by atoms with E-state index in [-0.39, 0.29) is 6.04 Å². The van der Waals surface area contributed by atoms with E-state index in [1.54, 1.807) is 25.5 Å². The monoisotopic (exact) mass is 280 g/mol. The normalized spacial score (nSPS) is 12.6. The van der Waals surface area contributed by atoms with Crippen LogP contribution in [0.5, 0.6) is 0 Å². The van der Waals surface area contributed by atoms with E-state index in [0.717, 1.165) is 0 Å². The van der Waals surface area contributed by atoms with Gasteiger partial charge in [0.1, 0.15) is 5.60 Å². The minimum absolute atomic E-state index is 0.170. The Labute approximate surface area is 118 Å². The molecule has 1 aromatic heterocycles. The van der Waals surface area contributed by atoms with Crippen LogP contribution in [-0.4, -0.2) is 37.9 Å². The molecule has 1 N–H and O–H groups in total. The fourth-order valence-corrected chi connectivity index (χ4v) is 1.53. The Balaban J connectivity index is 2.50. The van der Waals surface area contributed by atoms with E-state index in [2.05, 4.69) is 20.8 Å². The lowest BCUT2D eigenvalue weighted by atomic mass is 10.2. The molecule has 1 amide bonds. The Bertz CT molecular complexity index is 485. The standard InChI is InChI=1S/C12H20N6O2/c1-9(14-11(19)20-12(2,3)4)8-10-15-16-17-18(10)7-5-6-13/h9H,5,7-8H2,1-4H3,(H,14,19). The van der Waals surface area contributed by atoms with E-state index in [1.807, 2.05) is 13.0 Å². The van der Waals surface area contributed by atoms with Gasteiger partial charge in [0.25, 0.3) is 0 Å². The summed E-state index contributed by atoms with van der Waals surface area (Å²) >= 11 is 0. The lowest BCUT2D eigenvalue weighted by Gasteiger charge is -2.21. The summed E-state index contributed by atoms with van der Waals surface area (Å²) in [4.78, 5) is 11.6. The van der Waals surface area contributed by atoms with E-state index < -0.39 is 11.7 Å². The van der Waals surface area contributed by atoms with Crippen molar-refractivity contribution in [3.05, 3.63) is 5.82 Å². The summed E-state index contributed by atoms with van der Waals surface area (Å²) in [6.45, 7) is 7.70. The molecule has 0 saturated carbocycles. The van der Waals surface area contributed by atoms with Crippen LogP contribution in [-0.2, 0) is 17.7 Å². The molecule has 1 rings (SSSR count). The number of hydrogen-bond donors (Lipinski definition) is 1. The highest BCUT2D eigenvalue weighted by Gasteiger charge is 2.19. The molecule has 1 atom stereocenters. The molecular formula is C12H20N6O2. The van der Waals surface area contributed by atoms with E-state index >= 15 is 0 Å². The molecule has 0 bridgehead atoms. The average Bonchev–Trinajstić information content (AvgIpc) is 2.70. The van der Waals surface area contributed by atoms with Crippen molar-refractivity contribution in [3.63, 3.8) is 0 Å². The Morgan fingerprint density at radius 1 is 1.55 bits per heavy atom. The number of nitrogens with zero attached hydrogens (tertiary/aromatic N) is 5. The molecule has 20 heavy (non-hydrogen) atoms.